The Balaban J connectivity index is 4.20. The number of ether oxygens (including phenoxy) is 4. The van der Waals surface area contributed by atoms with Gasteiger partial charge < -0.3 is 28.5 Å². The third-order valence-corrected chi connectivity index (χ3v) is 12.3. The second-order valence-electron chi connectivity index (χ2n) is 19.9. The lowest BCUT2D eigenvalue weighted by atomic mass is 10.0. The molecule has 2 atom stereocenters. The van der Waals surface area contributed by atoms with E-state index in [0.29, 0.717) is 17.4 Å². The van der Waals surface area contributed by atoms with Gasteiger partial charge in [-0.3, -0.25) is 9.59 Å². The molecular formula is C55H106NO8+. The summed E-state index contributed by atoms with van der Waals surface area (Å²) in [6.07, 6.45) is 50.0. The Bertz CT molecular complexity index is 1060. The van der Waals surface area contributed by atoms with E-state index < -0.39 is 18.4 Å². The predicted octanol–water partition coefficient (Wildman–Crippen LogP) is 15.4. The molecule has 0 aliphatic rings. The zero-order chi connectivity index (χ0) is 47.0. The van der Waals surface area contributed by atoms with E-state index in [-0.39, 0.29) is 38.2 Å². The van der Waals surface area contributed by atoms with E-state index >= 15 is 0 Å². The maximum Gasteiger partial charge on any atom is 0.361 e. The van der Waals surface area contributed by atoms with Crippen molar-refractivity contribution in [2.24, 2.45) is 0 Å². The number of carboxylic acids is 1. The predicted molar refractivity (Wildman–Crippen MR) is 268 cm³/mol. The number of allylic oxidation sites excluding steroid dienone is 2. The number of carbonyl (C=O) groups excluding carboxylic acids is 2. The van der Waals surface area contributed by atoms with Crippen molar-refractivity contribution < 1.29 is 42.9 Å². The van der Waals surface area contributed by atoms with Gasteiger partial charge in [0.1, 0.15) is 13.2 Å². The average Bonchev–Trinajstić information content (AvgIpc) is 3.26. The molecule has 0 rings (SSSR count). The fourth-order valence-corrected chi connectivity index (χ4v) is 8.01. The standard InChI is InChI=1S/C55H105NO8/c1-6-8-10-12-14-16-18-20-22-23-24-25-26-27-28-29-30-31-32-34-36-38-40-42-44-46-53(58)64-51(50-63-55(54(59)60)61-48-47-56(3,4)5)49-62-52(57)45-43-41-39-37-35-33-21-19-17-15-13-11-9-7-2/h23-24,51,55H,6-22,25-50H2,1-5H3/p+1/b24-23-. The van der Waals surface area contributed by atoms with Crippen LogP contribution in [-0.4, -0.2) is 87.4 Å². The number of rotatable bonds is 51. The highest BCUT2D eigenvalue weighted by Crippen LogP contribution is 2.17. The lowest BCUT2D eigenvalue weighted by Gasteiger charge is -2.25. The number of quaternary nitrogens is 1. The first-order chi connectivity index (χ1) is 31.1. The first kappa shape index (κ1) is 62.0. The van der Waals surface area contributed by atoms with Crippen molar-refractivity contribution in [3.05, 3.63) is 12.2 Å². The summed E-state index contributed by atoms with van der Waals surface area (Å²) in [6.45, 7) is 4.92. The first-order valence-electron chi connectivity index (χ1n) is 27.4. The number of likely N-dealkylation sites (N-methyl/N-ethyl adjacent to an activating group) is 1. The molecule has 0 radical (unpaired) electrons. The number of hydrogen-bond acceptors (Lipinski definition) is 7. The van der Waals surface area contributed by atoms with Crippen LogP contribution < -0.4 is 0 Å². The van der Waals surface area contributed by atoms with Crippen molar-refractivity contribution in [1.29, 1.82) is 0 Å². The third kappa shape index (κ3) is 48.0. The summed E-state index contributed by atoms with van der Waals surface area (Å²) >= 11 is 0. The van der Waals surface area contributed by atoms with E-state index in [9.17, 15) is 19.5 Å². The van der Waals surface area contributed by atoms with E-state index in [0.717, 1.165) is 38.5 Å². The van der Waals surface area contributed by atoms with Gasteiger partial charge in [-0.25, -0.2) is 4.79 Å². The molecule has 0 aliphatic heterocycles. The van der Waals surface area contributed by atoms with Crippen LogP contribution in [0.2, 0.25) is 0 Å². The summed E-state index contributed by atoms with van der Waals surface area (Å²) in [6, 6.07) is 0. The molecule has 0 saturated heterocycles. The van der Waals surface area contributed by atoms with E-state index in [4.69, 9.17) is 18.9 Å². The van der Waals surface area contributed by atoms with Crippen molar-refractivity contribution in [1.82, 2.24) is 0 Å². The van der Waals surface area contributed by atoms with Gasteiger partial charge in [-0.1, -0.05) is 225 Å². The van der Waals surface area contributed by atoms with Gasteiger partial charge >= 0.3 is 17.9 Å². The smallest absolute Gasteiger partial charge is 0.361 e. The molecule has 0 aromatic carbocycles. The van der Waals surface area contributed by atoms with Crippen LogP contribution in [0.1, 0.15) is 264 Å². The molecule has 0 saturated carbocycles. The molecule has 0 heterocycles. The van der Waals surface area contributed by atoms with Crippen molar-refractivity contribution >= 4 is 17.9 Å². The van der Waals surface area contributed by atoms with Crippen LogP contribution in [0, 0.1) is 0 Å². The summed E-state index contributed by atoms with van der Waals surface area (Å²) in [7, 11) is 5.97. The Morgan fingerprint density at radius 1 is 0.453 bits per heavy atom. The molecule has 1 N–H and O–H groups in total. The Labute approximate surface area is 395 Å². The zero-order valence-electron chi connectivity index (χ0n) is 43.0. The molecule has 0 spiro atoms. The summed E-state index contributed by atoms with van der Waals surface area (Å²) < 4.78 is 22.8. The molecule has 9 nitrogen and oxygen atoms in total. The fourth-order valence-electron chi connectivity index (χ4n) is 8.01. The summed E-state index contributed by atoms with van der Waals surface area (Å²) in [5.74, 6) is -1.98. The third-order valence-electron chi connectivity index (χ3n) is 12.3. The van der Waals surface area contributed by atoms with E-state index in [2.05, 4.69) is 26.0 Å². The summed E-state index contributed by atoms with van der Waals surface area (Å²) in [4.78, 5) is 37.3. The van der Waals surface area contributed by atoms with Gasteiger partial charge in [0.15, 0.2) is 6.10 Å². The number of hydrogen-bond donors (Lipinski definition) is 1. The van der Waals surface area contributed by atoms with Crippen molar-refractivity contribution in [3.8, 4) is 0 Å². The fraction of sp³-hybridized carbons (Fsp3) is 0.909. The molecule has 0 bridgehead atoms. The lowest BCUT2D eigenvalue weighted by molar-refractivity contribution is -0.870. The number of aliphatic carboxylic acids is 1. The Hall–Kier alpha value is -1.97. The molecule has 9 heteroatoms. The number of esters is 2. The molecule has 0 aromatic rings. The molecule has 0 fully saturated rings. The minimum atomic E-state index is -1.50. The van der Waals surface area contributed by atoms with Crippen molar-refractivity contribution in [3.63, 3.8) is 0 Å². The Morgan fingerprint density at radius 2 is 0.797 bits per heavy atom. The van der Waals surface area contributed by atoms with Gasteiger partial charge in [-0.15, -0.1) is 0 Å². The Kier molecular flexibility index (Phi) is 46.1. The van der Waals surface area contributed by atoms with Crippen LogP contribution >= 0.6 is 0 Å². The molecule has 0 amide bonds. The number of carbonyl (C=O) groups is 3. The number of carboxylic acid groups (broad SMARTS) is 1. The molecule has 0 aliphatic carbocycles. The molecule has 64 heavy (non-hydrogen) atoms. The van der Waals surface area contributed by atoms with Crippen LogP contribution in [-0.2, 0) is 33.3 Å². The molecule has 2 unspecified atom stereocenters. The summed E-state index contributed by atoms with van der Waals surface area (Å²) in [5, 5.41) is 9.67. The van der Waals surface area contributed by atoms with Crippen LogP contribution in [0.5, 0.6) is 0 Å². The summed E-state index contributed by atoms with van der Waals surface area (Å²) in [5.41, 5.74) is 0. The highest BCUT2D eigenvalue weighted by molar-refractivity contribution is 5.71. The average molecular weight is 909 g/mol. The topological polar surface area (TPSA) is 108 Å². The number of unbranched alkanes of at least 4 members (excludes halogenated alkanes) is 34. The minimum Gasteiger partial charge on any atom is -0.477 e. The van der Waals surface area contributed by atoms with Gasteiger partial charge in [-0.2, -0.15) is 0 Å². The number of nitrogens with zero attached hydrogens (tertiary/aromatic N) is 1. The Morgan fingerprint density at radius 3 is 1.16 bits per heavy atom. The van der Waals surface area contributed by atoms with Gasteiger partial charge in [-0.05, 0) is 38.5 Å². The largest absolute Gasteiger partial charge is 0.477 e. The SMILES string of the molecule is CCCCCCCCCC/C=C\CCCCCCCCCCCCCCCC(=O)OC(COC(=O)CCCCCCCCCCCCCCCC)COC(OCC[N+](C)(C)C)C(=O)O. The molecular weight excluding hydrogens is 803 g/mol. The maximum atomic E-state index is 12.8. The molecule has 0 aromatic heterocycles. The van der Waals surface area contributed by atoms with E-state index in [1.807, 2.05) is 21.1 Å². The minimum absolute atomic E-state index is 0.175. The molecule has 378 valence electrons. The highest BCUT2D eigenvalue weighted by Gasteiger charge is 2.25. The van der Waals surface area contributed by atoms with E-state index in [1.54, 1.807) is 0 Å². The second-order valence-corrected chi connectivity index (χ2v) is 19.9. The van der Waals surface area contributed by atoms with Crippen LogP contribution in [0.4, 0.5) is 0 Å². The normalized spacial score (nSPS) is 12.8. The lowest BCUT2D eigenvalue weighted by Crippen LogP contribution is -2.40. The quantitative estimate of drug-likeness (QED) is 0.0211. The van der Waals surface area contributed by atoms with Crippen LogP contribution in [0.3, 0.4) is 0 Å². The van der Waals surface area contributed by atoms with Gasteiger partial charge in [0.25, 0.3) is 6.29 Å². The highest BCUT2D eigenvalue weighted by atomic mass is 16.7. The van der Waals surface area contributed by atoms with Crippen LogP contribution in [0.15, 0.2) is 12.2 Å². The van der Waals surface area contributed by atoms with E-state index in [1.165, 1.54) is 199 Å². The second kappa shape index (κ2) is 47.5. The monoisotopic (exact) mass is 909 g/mol. The maximum absolute atomic E-state index is 12.8. The zero-order valence-corrected chi connectivity index (χ0v) is 43.0. The van der Waals surface area contributed by atoms with Crippen molar-refractivity contribution in [2.45, 2.75) is 277 Å². The van der Waals surface area contributed by atoms with Crippen molar-refractivity contribution in [2.75, 3.05) is 47.5 Å². The van der Waals surface area contributed by atoms with Gasteiger partial charge in [0.2, 0.25) is 0 Å². The van der Waals surface area contributed by atoms with Crippen LogP contribution in [0.25, 0.3) is 0 Å². The van der Waals surface area contributed by atoms with Gasteiger partial charge in [0, 0.05) is 12.8 Å². The first-order valence-corrected chi connectivity index (χ1v) is 27.4. The van der Waals surface area contributed by atoms with Gasteiger partial charge in [0.05, 0.1) is 34.4 Å².